The van der Waals surface area contributed by atoms with E-state index in [-0.39, 0.29) is 0 Å². The summed E-state index contributed by atoms with van der Waals surface area (Å²) in [7, 11) is -3.08. The number of rotatable bonds is 6. The average Bonchev–Trinajstić information content (AvgIpc) is 2.29. The minimum Gasteiger partial charge on any atom is -0.306 e. The third-order valence-electron chi connectivity index (χ3n) is 1.94. The van der Waals surface area contributed by atoms with Crippen molar-refractivity contribution in [3.8, 4) is 0 Å². The Bertz CT molecular complexity index is 404. The monoisotopic (exact) mass is 366 g/mol. The molecule has 0 spiro atoms. The van der Waals surface area contributed by atoms with Crippen LogP contribution in [0, 0.1) is 3.57 Å². The average molecular weight is 366 g/mol. The quantitative estimate of drug-likeness (QED) is 0.548. The van der Waals surface area contributed by atoms with Crippen LogP contribution < -0.4 is 0 Å². The van der Waals surface area contributed by atoms with Crippen LogP contribution in [0.4, 0.5) is 0 Å². The maximum absolute atomic E-state index is 12.1. The molecule has 0 aromatic heterocycles. The van der Waals surface area contributed by atoms with Crippen LogP contribution in [0.3, 0.4) is 0 Å². The summed E-state index contributed by atoms with van der Waals surface area (Å²) in [5.41, 5.74) is 0.977. The van der Waals surface area contributed by atoms with E-state index in [0.717, 1.165) is 9.13 Å². The molecule has 0 N–H and O–H groups in total. The highest BCUT2D eigenvalue weighted by atomic mass is 127. The molecule has 5 heteroatoms. The molecule has 0 radical (unpaired) electrons. The number of hydrogen-bond donors (Lipinski definition) is 0. The maximum atomic E-state index is 12.1. The van der Waals surface area contributed by atoms with Crippen LogP contribution in [0.25, 0.3) is 6.08 Å². The van der Waals surface area contributed by atoms with E-state index in [0.29, 0.717) is 13.2 Å². The van der Waals surface area contributed by atoms with Crippen molar-refractivity contribution < 1.29 is 13.6 Å². The molecule has 94 valence electrons. The fourth-order valence-corrected chi connectivity index (χ4v) is 2.92. The van der Waals surface area contributed by atoms with E-state index in [4.69, 9.17) is 9.05 Å². The normalized spacial score (nSPS) is 12.2. The van der Waals surface area contributed by atoms with Crippen LogP contribution in [0.1, 0.15) is 19.4 Å². The summed E-state index contributed by atoms with van der Waals surface area (Å²) < 4.78 is 23.6. The highest BCUT2D eigenvalue weighted by Gasteiger charge is 2.18. The van der Waals surface area contributed by atoms with Gasteiger partial charge in [-0.2, -0.15) is 0 Å². The van der Waals surface area contributed by atoms with Crippen molar-refractivity contribution in [2.24, 2.45) is 0 Å². The van der Waals surface area contributed by atoms with Gasteiger partial charge < -0.3 is 9.05 Å². The zero-order valence-corrected chi connectivity index (χ0v) is 13.0. The molecular formula is C12H16IO3P. The second-order valence-electron chi connectivity index (χ2n) is 3.24. The molecular weight excluding hydrogens is 350 g/mol. The lowest BCUT2D eigenvalue weighted by atomic mass is 10.2. The van der Waals surface area contributed by atoms with Gasteiger partial charge in [-0.3, -0.25) is 4.57 Å². The summed E-state index contributed by atoms with van der Waals surface area (Å²) in [5, 5.41) is 0. The molecule has 0 aliphatic heterocycles. The molecule has 0 heterocycles. The lowest BCUT2D eigenvalue weighted by molar-refractivity contribution is 0.229. The molecule has 0 saturated heterocycles. The van der Waals surface area contributed by atoms with Crippen molar-refractivity contribution in [1.29, 1.82) is 0 Å². The minimum atomic E-state index is -3.08. The molecule has 1 rings (SSSR count). The molecule has 0 saturated carbocycles. The van der Waals surface area contributed by atoms with Gasteiger partial charge in [-0.25, -0.2) is 0 Å². The Balaban J connectivity index is 2.79. The molecule has 0 fully saturated rings. The minimum absolute atomic E-state index is 0.369. The predicted molar refractivity (Wildman–Crippen MR) is 79.1 cm³/mol. The van der Waals surface area contributed by atoms with Crippen molar-refractivity contribution >= 4 is 36.3 Å². The van der Waals surface area contributed by atoms with Gasteiger partial charge in [0.25, 0.3) is 0 Å². The van der Waals surface area contributed by atoms with Gasteiger partial charge in [0.1, 0.15) is 0 Å². The van der Waals surface area contributed by atoms with Crippen molar-refractivity contribution in [2.75, 3.05) is 13.2 Å². The number of benzene rings is 1. The van der Waals surface area contributed by atoms with Gasteiger partial charge in [-0.15, -0.1) is 0 Å². The molecule has 17 heavy (non-hydrogen) atoms. The van der Waals surface area contributed by atoms with E-state index in [1.807, 2.05) is 24.3 Å². The van der Waals surface area contributed by atoms with Crippen LogP contribution in [-0.2, 0) is 13.6 Å². The Morgan fingerprint density at radius 1 is 1.18 bits per heavy atom. The van der Waals surface area contributed by atoms with Gasteiger partial charge in [0.15, 0.2) is 0 Å². The Kier molecular flexibility index (Phi) is 6.41. The van der Waals surface area contributed by atoms with Crippen molar-refractivity contribution in [3.05, 3.63) is 39.2 Å². The van der Waals surface area contributed by atoms with Crippen LogP contribution in [0.2, 0.25) is 0 Å². The first-order valence-corrected chi connectivity index (χ1v) is 8.12. The third-order valence-corrected chi connectivity index (χ3v) is 4.41. The molecule has 0 aliphatic carbocycles. The summed E-state index contributed by atoms with van der Waals surface area (Å²) in [6.45, 7) is 4.33. The van der Waals surface area contributed by atoms with Crippen LogP contribution >= 0.6 is 30.2 Å². The first-order chi connectivity index (χ1) is 8.09. The summed E-state index contributed by atoms with van der Waals surface area (Å²) in [4.78, 5) is 0. The SMILES string of the molecule is CCOP(=O)(/C=C/c1ccc(I)cc1)OCC. The maximum Gasteiger partial charge on any atom is 0.354 e. The largest absolute Gasteiger partial charge is 0.354 e. The highest BCUT2D eigenvalue weighted by Crippen LogP contribution is 2.50. The second-order valence-corrected chi connectivity index (χ2v) is 6.38. The van der Waals surface area contributed by atoms with Gasteiger partial charge in [-0.1, -0.05) is 12.1 Å². The van der Waals surface area contributed by atoms with Crippen LogP contribution in [0.15, 0.2) is 30.1 Å². The summed E-state index contributed by atoms with van der Waals surface area (Å²) >= 11 is 2.24. The highest BCUT2D eigenvalue weighted by molar-refractivity contribution is 14.1. The van der Waals surface area contributed by atoms with E-state index in [9.17, 15) is 4.57 Å². The van der Waals surface area contributed by atoms with Gasteiger partial charge in [0.2, 0.25) is 0 Å². The Labute approximate surface area is 116 Å². The molecule has 1 aromatic rings. The topological polar surface area (TPSA) is 35.5 Å². The van der Waals surface area contributed by atoms with E-state index in [1.165, 1.54) is 5.82 Å². The van der Waals surface area contributed by atoms with Crippen molar-refractivity contribution in [2.45, 2.75) is 13.8 Å². The molecule has 3 nitrogen and oxygen atoms in total. The Hall–Kier alpha value is -0.160. The van der Waals surface area contributed by atoms with Crippen molar-refractivity contribution in [1.82, 2.24) is 0 Å². The van der Waals surface area contributed by atoms with Crippen molar-refractivity contribution in [3.63, 3.8) is 0 Å². The van der Waals surface area contributed by atoms with E-state index in [1.54, 1.807) is 19.9 Å². The van der Waals surface area contributed by atoms with Crippen LogP contribution in [0.5, 0.6) is 0 Å². The smallest absolute Gasteiger partial charge is 0.306 e. The van der Waals surface area contributed by atoms with Gasteiger partial charge in [-0.05, 0) is 60.2 Å². The lowest BCUT2D eigenvalue weighted by Crippen LogP contribution is -1.92. The molecule has 0 bridgehead atoms. The fraction of sp³-hybridized carbons (Fsp3) is 0.333. The second kappa shape index (κ2) is 7.31. The Morgan fingerprint density at radius 2 is 1.71 bits per heavy atom. The molecule has 1 aromatic carbocycles. The van der Waals surface area contributed by atoms with Gasteiger partial charge >= 0.3 is 7.60 Å². The molecule has 0 aliphatic rings. The molecule has 0 atom stereocenters. The standard InChI is InChI=1S/C12H16IO3P/c1-3-15-17(14,16-4-2)10-9-11-5-7-12(13)8-6-11/h5-10H,3-4H2,1-2H3/b10-9+. The zero-order chi connectivity index (χ0) is 12.7. The summed E-state index contributed by atoms with van der Waals surface area (Å²) in [6, 6.07) is 7.90. The fourth-order valence-electron chi connectivity index (χ4n) is 1.23. The predicted octanol–water partition coefficient (Wildman–Crippen LogP) is 4.53. The summed E-state index contributed by atoms with van der Waals surface area (Å²) in [6.07, 6.45) is 1.77. The molecule has 0 unspecified atom stereocenters. The van der Waals surface area contributed by atoms with E-state index in [2.05, 4.69) is 22.6 Å². The van der Waals surface area contributed by atoms with E-state index >= 15 is 0 Å². The lowest BCUT2D eigenvalue weighted by Gasteiger charge is -2.12. The van der Waals surface area contributed by atoms with E-state index < -0.39 is 7.60 Å². The third kappa shape index (κ3) is 5.34. The Morgan fingerprint density at radius 3 is 2.18 bits per heavy atom. The molecule has 0 amide bonds. The number of hydrogen-bond acceptors (Lipinski definition) is 3. The van der Waals surface area contributed by atoms with Gasteiger partial charge in [0, 0.05) is 9.39 Å². The summed E-state index contributed by atoms with van der Waals surface area (Å²) in [5.74, 6) is 1.52. The van der Waals surface area contributed by atoms with Gasteiger partial charge in [0.05, 0.1) is 13.2 Å². The zero-order valence-electron chi connectivity index (χ0n) is 9.93. The van der Waals surface area contributed by atoms with Crippen LogP contribution in [-0.4, -0.2) is 13.2 Å². The number of halogens is 1. The first kappa shape index (κ1) is 14.9. The first-order valence-electron chi connectivity index (χ1n) is 5.43.